The van der Waals surface area contributed by atoms with E-state index in [0.29, 0.717) is 17.4 Å². The van der Waals surface area contributed by atoms with E-state index in [0.717, 1.165) is 21.9 Å². The SMILES string of the molecule is CCOc1ccc(-c2csc(NC(=O)C(C)Sc3ccc(NC(=O)c4ccccc4F)cc3)n2)cc1. The molecule has 2 amide bonds. The van der Waals surface area contributed by atoms with Crippen LogP contribution in [0, 0.1) is 5.82 Å². The molecule has 1 aromatic heterocycles. The van der Waals surface area contributed by atoms with Crippen molar-refractivity contribution in [2.24, 2.45) is 0 Å². The van der Waals surface area contributed by atoms with Crippen LogP contribution >= 0.6 is 23.1 Å². The molecular formula is C27H24FN3O3S2. The Labute approximate surface area is 216 Å². The van der Waals surface area contributed by atoms with Gasteiger partial charge in [0.2, 0.25) is 5.91 Å². The van der Waals surface area contributed by atoms with Crippen molar-refractivity contribution in [1.29, 1.82) is 0 Å². The van der Waals surface area contributed by atoms with E-state index >= 15 is 0 Å². The van der Waals surface area contributed by atoms with Gasteiger partial charge in [-0.15, -0.1) is 23.1 Å². The van der Waals surface area contributed by atoms with Crippen LogP contribution in [0.1, 0.15) is 24.2 Å². The number of carbonyl (C=O) groups excluding carboxylic acids is 2. The van der Waals surface area contributed by atoms with Gasteiger partial charge < -0.3 is 15.4 Å². The lowest BCUT2D eigenvalue weighted by Gasteiger charge is -2.11. The van der Waals surface area contributed by atoms with E-state index in [9.17, 15) is 14.0 Å². The van der Waals surface area contributed by atoms with Crippen LogP contribution in [0.4, 0.5) is 15.2 Å². The molecule has 0 radical (unpaired) electrons. The summed E-state index contributed by atoms with van der Waals surface area (Å²) in [5.41, 5.74) is 2.25. The first-order chi connectivity index (χ1) is 17.4. The minimum absolute atomic E-state index is 0.0193. The van der Waals surface area contributed by atoms with Crippen LogP contribution < -0.4 is 15.4 Å². The maximum Gasteiger partial charge on any atom is 0.258 e. The number of nitrogens with one attached hydrogen (secondary N) is 2. The summed E-state index contributed by atoms with van der Waals surface area (Å²) in [4.78, 5) is 30.4. The van der Waals surface area contributed by atoms with Crippen LogP contribution in [-0.4, -0.2) is 28.7 Å². The Bertz CT molecular complexity index is 1340. The number of amides is 2. The molecule has 9 heteroatoms. The number of thiazole rings is 1. The zero-order valence-electron chi connectivity index (χ0n) is 19.7. The topological polar surface area (TPSA) is 80.3 Å². The van der Waals surface area contributed by atoms with Gasteiger partial charge in [-0.3, -0.25) is 9.59 Å². The number of halogens is 1. The number of nitrogens with zero attached hydrogens (tertiary/aromatic N) is 1. The van der Waals surface area contributed by atoms with Gasteiger partial charge in [-0.05, 0) is 74.5 Å². The van der Waals surface area contributed by atoms with Crippen molar-refractivity contribution >= 4 is 45.7 Å². The average molecular weight is 522 g/mol. The zero-order valence-corrected chi connectivity index (χ0v) is 21.3. The molecule has 0 bridgehead atoms. The Morgan fingerprint density at radius 2 is 1.75 bits per heavy atom. The van der Waals surface area contributed by atoms with Gasteiger partial charge in [0.1, 0.15) is 11.6 Å². The minimum atomic E-state index is -0.575. The van der Waals surface area contributed by atoms with E-state index in [1.807, 2.05) is 43.5 Å². The Kier molecular flexibility index (Phi) is 8.35. The summed E-state index contributed by atoms with van der Waals surface area (Å²) >= 11 is 2.75. The zero-order chi connectivity index (χ0) is 25.5. The predicted molar refractivity (Wildman–Crippen MR) is 143 cm³/mol. The highest BCUT2D eigenvalue weighted by Crippen LogP contribution is 2.29. The third-order valence-corrected chi connectivity index (χ3v) is 6.98. The molecule has 2 N–H and O–H groups in total. The molecule has 1 unspecified atom stereocenters. The fourth-order valence-corrected chi connectivity index (χ4v) is 4.87. The normalized spacial score (nSPS) is 11.5. The lowest BCUT2D eigenvalue weighted by atomic mass is 10.2. The standard InChI is InChI=1S/C27H24FN3O3S2/c1-3-34-20-12-8-18(9-13-20)24-16-35-27(30-24)31-25(32)17(2)36-21-14-10-19(11-15-21)29-26(33)22-6-4-5-7-23(22)28/h4-17H,3H2,1-2H3,(H,29,33)(H,30,31,32). The maximum atomic E-state index is 13.8. The lowest BCUT2D eigenvalue weighted by Crippen LogP contribution is -2.22. The third-order valence-electron chi connectivity index (χ3n) is 5.11. The summed E-state index contributed by atoms with van der Waals surface area (Å²) in [5, 5.41) is 7.61. The van der Waals surface area contributed by atoms with Crippen LogP contribution in [0.25, 0.3) is 11.3 Å². The maximum absolute atomic E-state index is 13.8. The van der Waals surface area contributed by atoms with Gasteiger partial charge in [-0.25, -0.2) is 9.37 Å². The summed E-state index contributed by atoms with van der Waals surface area (Å²) in [5.74, 6) is -0.455. The summed E-state index contributed by atoms with van der Waals surface area (Å²) in [6.07, 6.45) is 0. The Morgan fingerprint density at radius 1 is 1.03 bits per heavy atom. The summed E-state index contributed by atoms with van der Waals surface area (Å²) < 4.78 is 19.3. The van der Waals surface area contributed by atoms with Gasteiger partial charge >= 0.3 is 0 Å². The highest BCUT2D eigenvalue weighted by Gasteiger charge is 2.17. The molecule has 184 valence electrons. The number of thioether (sulfide) groups is 1. The van der Waals surface area contributed by atoms with Crippen molar-refractivity contribution < 1.29 is 18.7 Å². The van der Waals surface area contributed by atoms with Crippen LogP contribution in [0.5, 0.6) is 5.75 Å². The quantitative estimate of drug-likeness (QED) is 0.239. The summed E-state index contributed by atoms with van der Waals surface area (Å²) in [7, 11) is 0. The first kappa shape index (κ1) is 25.4. The monoisotopic (exact) mass is 521 g/mol. The van der Waals surface area contributed by atoms with E-state index < -0.39 is 11.7 Å². The molecule has 0 aliphatic rings. The molecule has 0 spiro atoms. The number of aromatic nitrogens is 1. The van der Waals surface area contributed by atoms with Crippen molar-refractivity contribution in [2.45, 2.75) is 24.0 Å². The average Bonchev–Trinajstić information content (AvgIpc) is 3.34. The van der Waals surface area contributed by atoms with Crippen LogP contribution in [-0.2, 0) is 4.79 Å². The molecule has 1 heterocycles. The first-order valence-electron chi connectivity index (χ1n) is 11.2. The minimum Gasteiger partial charge on any atom is -0.494 e. The summed E-state index contributed by atoms with van der Waals surface area (Å²) in [6, 6.07) is 20.5. The number of carbonyl (C=O) groups is 2. The Balaban J connectivity index is 1.31. The number of hydrogen-bond acceptors (Lipinski definition) is 6. The number of rotatable bonds is 9. The molecule has 6 nitrogen and oxygen atoms in total. The lowest BCUT2D eigenvalue weighted by molar-refractivity contribution is -0.115. The predicted octanol–water partition coefficient (Wildman–Crippen LogP) is 6.72. The van der Waals surface area contributed by atoms with Crippen LogP contribution in [0.15, 0.2) is 83.1 Å². The van der Waals surface area contributed by atoms with Crippen LogP contribution in [0.2, 0.25) is 0 Å². The van der Waals surface area contributed by atoms with Crippen molar-refractivity contribution in [3.8, 4) is 17.0 Å². The molecule has 0 saturated carbocycles. The van der Waals surface area contributed by atoms with Gasteiger partial charge in [0.15, 0.2) is 5.13 Å². The van der Waals surface area contributed by atoms with E-state index in [1.165, 1.54) is 41.3 Å². The number of anilines is 2. The van der Waals surface area contributed by atoms with Crippen molar-refractivity contribution in [1.82, 2.24) is 4.98 Å². The van der Waals surface area contributed by atoms with Crippen molar-refractivity contribution in [3.05, 3.63) is 89.6 Å². The number of benzene rings is 3. The molecule has 0 aliphatic heterocycles. The smallest absolute Gasteiger partial charge is 0.258 e. The third kappa shape index (κ3) is 6.50. The van der Waals surface area contributed by atoms with Gasteiger partial charge in [0.05, 0.1) is 23.1 Å². The summed E-state index contributed by atoms with van der Waals surface area (Å²) in [6.45, 7) is 4.36. The van der Waals surface area contributed by atoms with E-state index in [1.54, 1.807) is 30.3 Å². The Morgan fingerprint density at radius 3 is 2.44 bits per heavy atom. The fraction of sp³-hybridized carbons (Fsp3) is 0.148. The molecule has 3 aromatic carbocycles. The van der Waals surface area contributed by atoms with E-state index in [-0.39, 0.29) is 16.7 Å². The highest BCUT2D eigenvalue weighted by molar-refractivity contribution is 8.00. The van der Waals surface area contributed by atoms with E-state index in [2.05, 4.69) is 15.6 Å². The van der Waals surface area contributed by atoms with Gasteiger partial charge in [-0.2, -0.15) is 0 Å². The molecule has 4 rings (SSSR count). The molecule has 0 aliphatic carbocycles. The second-order valence-electron chi connectivity index (χ2n) is 7.70. The largest absolute Gasteiger partial charge is 0.494 e. The second kappa shape index (κ2) is 11.8. The van der Waals surface area contributed by atoms with Crippen molar-refractivity contribution in [3.63, 3.8) is 0 Å². The van der Waals surface area contributed by atoms with Gasteiger partial charge in [0.25, 0.3) is 5.91 Å². The highest BCUT2D eigenvalue weighted by atomic mass is 32.2. The molecule has 4 aromatic rings. The first-order valence-corrected chi connectivity index (χ1v) is 13.0. The van der Waals surface area contributed by atoms with Crippen molar-refractivity contribution in [2.75, 3.05) is 17.2 Å². The number of hydrogen-bond donors (Lipinski definition) is 2. The van der Waals surface area contributed by atoms with Crippen LogP contribution in [0.3, 0.4) is 0 Å². The van der Waals surface area contributed by atoms with Gasteiger partial charge in [0, 0.05) is 21.5 Å². The van der Waals surface area contributed by atoms with Gasteiger partial charge in [-0.1, -0.05) is 12.1 Å². The molecule has 0 saturated heterocycles. The fourth-order valence-electron chi connectivity index (χ4n) is 3.28. The Hall–Kier alpha value is -3.69. The second-order valence-corrected chi connectivity index (χ2v) is 9.98. The number of ether oxygens (including phenoxy) is 1. The molecule has 0 fully saturated rings. The van der Waals surface area contributed by atoms with E-state index in [4.69, 9.17) is 4.74 Å². The molecule has 36 heavy (non-hydrogen) atoms. The molecule has 1 atom stereocenters. The molecular weight excluding hydrogens is 497 g/mol.